The molecule has 0 aliphatic heterocycles. The standard InChI is InChI=1S/C10H14/c1-2-3-7-10-8-5-4-6-9-10/h4H,2-3,5,7-8H2,1H3. The first-order valence-electron chi connectivity index (χ1n) is 4.11. The highest BCUT2D eigenvalue weighted by atomic mass is 14.0. The molecule has 0 nitrogen and oxygen atoms in total. The minimum atomic E-state index is 1.17. The van der Waals surface area contributed by atoms with E-state index in [-0.39, 0.29) is 0 Å². The summed E-state index contributed by atoms with van der Waals surface area (Å²) in [4.78, 5) is 0. The predicted octanol–water partition coefficient (Wildman–Crippen LogP) is 3.21. The van der Waals surface area contributed by atoms with Crippen LogP contribution in [0.25, 0.3) is 0 Å². The van der Waals surface area contributed by atoms with Crippen molar-refractivity contribution in [3.05, 3.63) is 23.1 Å². The lowest BCUT2D eigenvalue weighted by molar-refractivity contribution is 0.753. The maximum atomic E-state index is 3.16. The van der Waals surface area contributed by atoms with E-state index in [4.69, 9.17) is 0 Å². The summed E-state index contributed by atoms with van der Waals surface area (Å²) >= 11 is 0. The van der Waals surface area contributed by atoms with E-state index >= 15 is 0 Å². The van der Waals surface area contributed by atoms with Crippen LogP contribution in [-0.2, 0) is 0 Å². The van der Waals surface area contributed by atoms with Crippen LogP contribution in [0.4, 0.5) is 0 Å². The van der Waals surface area contributed by atoms with E-state index in [0.717, 1.165) is 0 Å². The molecule has 0 aromatic carbocycles. The van der Waals surface area contributed by atoms with Gasteiger partial charge in [-0.3, -0.25) is 0 Å². The summed E-state index contributed by atoms with van der Waals surface area (Å²) < 4.78 is 0. The van der Waals surface area contributed by atoms with Gasteiger partial charge in [0, 0.05) is 0 Å². The predicted molar refractivity (Wildman–Crippen MR) is 43.9 cm³/mol. The van der Waals surface area contributed by atoms with Crippen LogP contribution in [-0.4, -0.2) is 0 Å². The third kappa shape index (κ3) is 2.27. The topological polar surface area (TPSA) is 0 Å². The van der Waals surface area contributed by atoms with E-state index in [0.29, 0.717) is 0 Å². The quantitative estimate of drug-likeness (QED) is 0.520. The molecule has 0 N–H and O–H groups in total. The first kappa shape index (κ1) is 7.41. The zero-order valence-electron chi connectivity index (χ0n) is 6.61. The van der Waals surface area contributed by atoms with Gasteiger partial charge in [0.05, 0.1) is 0 Å². The van der Waals surface area contributed by atoms with E-state index in [1.807, 2.05) is 0 Å². The summed E-state index contributed by atoms with van der Waals surface area (Å²) in [5.41, 5.74) is 7.66. The maximum Gasteiger partial charge on any atom is -0.0196 e. The molecule has 0 bridgehead atoms. The Hall–Kier alpha value is -0.700. The van der Waals surface area contributed by atoms with Crippen molar-refractivity contribution in [3.8, 4) is 0 Å². The molecule has 1 rings (SSSR count). The van der Waals surface area contributed by atoms with Crippen molar-refractivity contribution in [3.63, 3.8) is 0 Å². The highest BCUT2D eigenvalue weighted by Crippen LogP contribution is 2.14. The minimum absolute atomic E-state index is 1.17. The molecule has 0 atom stereocenters. The number of unbranched alkanes of at least 4 members (excludes halogenated alkanes) is 1. The van der Waals surface area contributed by atoms with Gasteiger partial charge in [0.2, 0.25) is 0 Å². The van der Waals surface area contributed by atoms with E-state index in [2.05, 4.69) is 24.5 Å². The van der Waals surface area contributed by atoms with Gasteiger partial charge in [-0.1, -0.05) is 24.8 Å². The molecule has 0 aromatic rings. The van der Waals surface area contributed by atoms with Crippen molar-refractivity contribution < 1.29 is 0 Å². The van der Waals surface area contributed by atoms with Crippen molar-refractivity contribution in [2.75, 3.05) is 0 Å². The second-order valence-electron chi connectivity index (χ2n) is 2.72. The van der Waals surface area contributed by atoms with Crippen LogP contribution >= 0.6 is 0 Å². The second kappa shape index (κ2) is 4.17. The van der Waals surface area contributed by atoms with Crippen LogP contribution in [0.15, 0.2) is 23.1 Å². The zero-order chi connectivity index (χ0) is 7.23. The van der Waals surface area contributed by atoms with Crippen LogP contribution in [0.5, 0.6) is 0 Å². The smallest absolute Gasteiger partial charge is 0.0196 e. The lowest BCUT2D eigenvalue weighted by atomic mass is 10.0. The lowest BCUT2D eigenvalue weighted by Crippen LogP contribution is -1.83. The molecule has 10 heavy (non-hydrogen) atoms. The Labute approximate surface area is 62.9 Å². The van der Waals surface area contributed by atoms with Gasteiger partial charge < -0.3 is 0 Å². The van der Waals surface area contributed by atoms with Crippen molar-refractivity contribution in [2.45, 2.75) is 39.0 Å². The molecular formula is C10H14. The van der Waals surface area contributed by atoms with Crippen molar-refractivity contribution in [1.29, 1.82) is 0 Å². The number of hydrogen-bond acceptors (Lipinski definition) is 0. The Morgan fingerprint density at radius 3 is 3.10 bits per heavy atom. The average Bonchev–Trinajstić information content (AvgIpc) is 2.03. The molecule has 0 fully saturated rings. The molecule has 1 aliphatic carbocycles. The molecular weight excluding hydrogens is 120 g/mol. The minimum Gasteiger partial charge on any atom is -0.0747 e. The van der Waals surface area contributed by atoms with Crippen LogP contribution in [0.1, 0.15) is 39.0 Å². The SMILES string of the molecule is CCCCC1=C=C=CCC1. The van der Waals surface area contributed by atoms with Gasteiger partial charge in [-0.15, -0.1) is 0 Å². The molecule has 0 amide bonds. The van der Waals surface area contributed by atoms with Crippen LogP contribution in [0.3, 0.4) is 0 Å². The number of rotatable bonds is 3. The van der Waals surface area contributed by atoms with Gasteiger partial charge in [-0.05, 0) is 37.3 Å². The molecule has 0 aromatic heterocycles. The first-order chi connectivity index (χ1) is 4.93. The molecule has 54 valence electrons. The largest absolute Gasteiger partial charge is 0.0747 e. The van der Waals surface area contributed by atoms with Crippen molar-refractivity contribution >= 4 is 0 Å². The van der Waals surface area contributed by atoms with E-state index < -0.39 is 0 Å². The Morgan fingerprint density at radius 2 is 2.50 bits per heavy atom. The maximum absolute atomic E-state index is 3.16. The third-order valence-corrected chi connectivity index (χ3v) is 1.77. The molecule has 1 aliphatic rings. The summed E-state index contributed by atoms with van der Waals surface area (Å²) in [5, 5.41) is 0. The summed E-state index contributed by atoms with van der Waals surface area (Å²) in [6, 6.07) is 0. The van der Waals surface area contributed by atoms with Crippen LogP contribution in [0, 0.1) is 0 Å². The lowest BCUT2D eigenvalue weighted by Gasteiger charge is -2.01. The van der Waals surface area contributed by atoms with E-state index in [1.54, 1.807) is 0 Å². The number of hydrogen-bond donors (Lipinski definition) is 0. The molecule has 0 radical (unpaired) electrons. The van der Waals surface area contributed by atoms with Gasteiger partial charge in [-0.25, -0.2) is 0 Å². The van der Waals surface area contributed by atoms with E-state index in [1.165, 1.54) is 37.7 Å². The van der Waals surface area contributed by atoms with Gasteiger partial charge in [-0.2, -0.15) is 0 Å². The average molecular weight is 134 g/mol. The summed E-state index contributed by atoms with van der Waals surface area (Å²) in [6.07, 6.45) is 8.28. The monoisotopic (exact) mass is 134 g/mol. The molecule has 0 heteroatoms. The molecule has 0 heterocycles. The van der Waals surface area contributed by atoms with Gasteiger partial charge >= 0.3 is 0 Å². The molecule has 0 unspecified atom stereocenters. The van der Waals surface area contributed by atoms with Gasteiger partial charge in [0.15, 0.2) is 0 Å². The third-order valence-electron chi connectivity index (χ3n) is 1.77. The Bertz CT molecular complexity index is 186. The van der Waals surface area contributed by atoms with E-state index in [9.17, 15) is 0 Å². The Kier molecular flexibility index (Phi) is 3.09. The van der Waals surface area contributed by atoms with Crippen molar-refractivity contribution in [2.24, 2.45) is 0 Å². The highest BCUT2D eigenvalue weighted by molar-refractivity contribution is 5.07. The molecule has 0 spiro atoms. The Morgan fingerprint density at radius 1 is 1.60 bits per heavy atom. The van der Waals surface area contributed by atoms with Crippen LogP contribution in [0.2, 0.25) is 0 Å². The number of allylic oxidation sites excluding steroid dienone is 2. The van der Waals surface area contributed by atoms with Gasteiger partial charge in [0.25, 0.3) is 0 Å². The first-order valence-corrected chi connectivity index (χ1v) is 4.11. The normalized spacial score (nSPS) is 15.5. The molecule has 0 saturated heterocycles. The fourth-order valence-corrected chi connectivity index (χ4v) is 1.11. The fourth-order valence-electron chi connectivity index (χ4n) is 1.11. The fraction of sp³-hybridized carbons (Fsp3) is 0.600. The zero-order valence-corrected chi connectivity index (χ0v) is 6.61. The van der Waals surface area contributed by atoms with Gasteiger partial charge in [0.1, 0.15) is 0 Å². The summed E-state index contributed by atoms with van der Waals surface area (Å²) in [6.45, 7) is 2.23. The van der Waals surface area contributed by atoms with Crippen LogP contribution < -0.4 is 0 Å². The Balaban J connectivity index is 2.41. The van der Waals surface area contributed by atoms with Crippen molar-refractivity contribution in [1.82, 2.24) is 0 Å². The summed E-state index contributed by atoms with van der Waals surface area (Å²) in [7, 11) is 0. The highest BCUT2D eigenvalue weighted by Gasteiger charge is 1.96. The molecule has 0 saturated carbocycles. The second-order valence-corrected chi connectivity index (χ2v) is 2.72. The summed E-state index contributed by atoms with van der Waals surface area (Å²) in [5.74, 6) is 0.